The fraction of sp³-hybridized carbons (Fsp3) is 0.231. The van der Waals surface area contributed by atoms with Gasteiger partial charge in [0.25, 0.3) is 0 Å². The summed E-state index contributed by atoms with van der Waals surface area (Å²) < 4.78 is 7.32. The SMILES string of the molecule is C[CH2][Sn][CH2]c1cc2sc3c(c2s1)C(c1ccc(C)cc1)(c1ccc(C)cc1)c1cc2c(cc1-3)C(c1ccc(C)cc1)(c1ccc(C)cc1)c1c[c]([Sn]([CH3])([CH3])[CH3])sc1-2. The second-order valence-electron chi connectivity index (χ2n) is 17.5. The van der Waals surface area contributed by atoms with Crippen molar-refractivity contribution in [2.75, 3.05) is 0 Å². The molecule has 0 aliphatic heterocycles. The van der Waals surface area contributed by atoms with Gasteiger partial charge in [-0.1, -0.05) is 0 Å². The molecule has 2 aliphatic carbocycles. The van der Waals surface area contributed by atoms with Crippen LogP contribution in [0.1, 0.15) is 78.6 Å². The predicted molar refractivity (Wildman–Crippen MR) is 254 cm³/mol. The summed E-state index contributed by atoms with van der Waals surface area (Å²) in [4.78, 5) is 12.3. The average molecular weight is 1010 g/mol. The topological polar surface area (TPSA) is 0 Å². The van der Waals surface area contributed by atoms with Gasteiger partial charge in [0.1, 0.15) is 0 Å². The van der Waals surface area contributed by atoms with E-state index in [4.69, 9.17) is 0 Å². The number of benzene rings is 5. The van der Waals surface area contributed by atoms with E-state index in [2.05, 4.69) is 205 Å². The summed E-state index contributed by atoms with van der Waals surface area (Å²) in [6, 6.07) is 48.8. The number of aryl methyl sites for hydroxylation is 4. The fourth-order valence-electron chi connectivity index (χ4n) is 9.69. The predicted octanol–water partition coefficient (Wildman–Crippen LogP) is 14.2. The molecule has 2 radical (unpaired) electrons. The van der Waals surface area contributed by atoms with E-state index in [1.54, 1.807) is 7.77 Å². The standard InChI is InChI=1S/C47H34S3.C2H5.3CH3.2Sn/c1-27-6-14-32(15-7-27)46(33-16-8-28(2)9-17-33)38-22-23-48-43(38)36-25-40-37(26-39(36)46)44-42(45-41(50-44)24-31(5)49-45)47(40,34-18-10-29(3)11-19-34)35-20-12-30(4)13-21-35;1-2;;;;;/h6-22,24-26H,5H2,1-4H3;1H2,2H3;3*1H3;;. The van der Waals surface area contributed by atoms with Crippen LogP contribution in [0.2, 0.25) is 19.3 Å². The van der Waals surface area contributed by atoms with E-state index in [0.717, 1.165) is 0 Å². The van der Waals surface area contributed by atoms with Crippen molar-refractivity contribution in [1.82, 2.24) is 0 Å². The Bertz CT molecular complexity index is 2730. The molecular weight excluding hydrogens is 958 g/mol. The van der Waals surface area contributed by atoms with Gasteiger partial charge in [-0.25, -0.2) is 0 Å². The van der Waals surface area contributed by atoms with Gasteiger partial charge in [-0.3, -0.25) is 0 Å². The van der Waals surface area contributed by atoms with Crippen molar-refractivity contribution in [2.24, 2.45) is 0 Å². The van der Waals surface area contributed by atoms with Crippen molar-refractivity contribution >= 4 is 85.8 Å². The zero-order valence-electron chi connectivity index (χ0n) is 34.2. The first-order valence-corrected chi connectivity index (χ1v) is 36.8. The molecule has 5 aromatic carbocycles. The van der Waals surface area contributed by atoms with Crippen LogP contribution in [0.15, 0.2) is 121 Å². The van der Waals surface area contributed by atoms with Crippen LogP contribution in [0.5, 0.6) is 0 Å². The number of fused-ring (bicyclic) bond motifs is 8. The summed E-state index contributed by atoms with van der Waals surface area (Å²) in [5.74, 6) is 0. The van der Waals surface area contributed by atoms with E-state index in [9.17, 15) is 0 Å². The monoisotopic (exact) mass is 1010 g/mol. The zero-order chi connectivity index (χ0) is 39.4. The Morgan fingerprint density at radius 2 is 0.965 bits per heavy atom. The second-order valence-corrected chi connectivity index (χ2v) is 40.6. The van der Waals surface area contributed by atoms with Crippen LogP contribution in [0.25, 0.3) is 30.3 Å². The minimum atomic E-state index is -2.51. The molecule has 0 spiro atoms. The van der Waals surface area contributed by atoms with Crippen molar-refractivity contribution in [3.8, 4) is 20.9 Å². The third-order valence-corrected chi connectivity index (χ3v) is 29.6. The molecule has 3 heterocycles. The van der Waals surface area contributed by atoms with Gasteiger partial charge >= 0.3 is 369 Å². The Kier molecular flexibility index (Phi) is 9.45. The molecule has 0 unspecified atom stereocenters. The summed E-state index contributed by atoms with van der Waals surface area (Å²) in [5.41, 5.74) is 18.5. The molecule has 0 saturated carbocycles. The first kappa shape index (κ1) is 38.3. The Hall–Kier alpha value is -2.94. The summed E-state index contributed by atoms with van der Waals surface area (Å²) >= 11 is 3.37. The Morgan fingerprint density at radius 1 is 0.509 bits per heavy atom. The van der Waals surface area contributed by atoms with Crippen LogP contribution in [-0.4, -0.2) is 39.5 Å². The molecule has 0 saturated heterocycles. The fourth-order valence-corrected chi connectivity index (χ4v) is 21.8. The maximum absolute atomic E-state index is 2.70. The summed E-state index contributed by atoms with van der Waals surface area (Å²) in [7, 11) is 0. The Balaban J connectivity index is 1.37. The molecule has 282 valence electrons. The molecule has 0 atom stereocenters. The van der Waals surface area contributed by atoms with Crippen LogP contribution in [0, 0.1) is 27.7 Å². The quantitative estimate of drug-likeness (QED) is 0.133. The number of hydrogen-bond acceptors (Lipinski definition) is 3. The van der Waals surface area contributed by atoms with Crippen LogP contribution in [0.3, 0.4) is 0 Å². The number of hydrogen-bond donors (Lipinski definition) is 0. The van der Waals surface area contributed by atoms with E-state index in [-0.39, 0.29) is 0 Å². The van der Waals surface area contributed by atoms with Crippen molar-refractivity contribution in [1.29, 1.82) is 0 Å². The molecule has 0 fully saturated rings. The van der Waals surface area contributed by atoms with Crippen molar-refractivity contribution in [3.05, 3.63) is 193 Å². The van der Waals surface area contributed by atoms with Gasteiger partial charge in [0.2, 0.25) is 0 Å². The van der Waals surface area contributed by atoms with Crippen molar-refractivity contribution < 1.29 is 0 Å². The van der Waals surface area contributed by atoms with Crippen LogP contribution in [-0.2, 0) is 15.3 Å². The minimum absolute atomic E-state index is 0.392. The normalized spacial score (nSPS) is 14.8. The van der Waals surface area contributed by atoms with Gasteiger partial charge in [-0.05, 0) is 0 Å². The first-order valence-electron chi connectivity index (χ1n) is 20.3. The van der Waals surface area contributed by atoms with Gasteiger partial charge in [0.05, 0.1) is 0 Å². The number of thiophene rings is 3. The van der Waals surface area contributed by atoms with Crippen LogP contribution >= 0.6 is 34.0 Å². The second kappa shape index (κ2) is 14.1. The zero-order valence-corrected chi connectivity index (χ0v) is 42.3. The molecule has 0 bridgehead atoms. The summed E-state index contributed by atoms with van der Waals surface area (Å²) in [5, 5.41) is 0. The van der Waals surface area contributed by atoms with Gasteiger partial charge < -0.3 is 0 Å². The Labute approximate surface area is 365 Å². The molecule has 5 heteroatoms. The summed E-state index contributed by atoms with van der Waals surface area (Å²) in [6.07, 6.45) is 0. The first-order chi connectivity index (χ1) is 27.4. The molecule has 3 aromatic heterocycles. The third-order valence-electron chi connectivity index (χ3n) is 12.6. The molecular formula is C52H48S3Sn2. The van der Waals surface area contributed by atoms with Gasteiger partial charge in [-0.15, -0.1) is 0 Å². The van der Waals surface area contributed by atoms with Crippen molar-refractivity contribution in [2.45, 2.75) is 69.1 Å². The van der Waals surface area contributed by atoms with Crippen LogP contribution < -0.4 is 2.89 Å². The van der Waals surface area contributed by atoms with Gasteiger partial charge in [-0.2, -0.15) is 0 Å². The van der Waals surface area contributed by atoms with E-state index in [0.29, 0.717) is 0 Å². The molecule has 57 heavy (non-hydrogen) atoms. The van der Waals surface area contributed by atoms with E-state index >= 15 is 0 Å². The number of rotatable bonds is 8. The van der Waals surface area contributed by atoms with Crippen LogP contribution in [0.4, 0.5) is 0 Å². The van der Waals surface area contributed by atoms with Gasteiger partial charge in [0.15, 0.2) is 0 Å². The molecule has 0 N–H and O–H groups in total. The van der Waals surface area contributed by atoms with E-state index in [1.807, 2.05) is 0 Å². The third kappa shape index (κ3) is 5.75. The Morgan fingerprint density at radius 3 is 1.44 bits per heavy atom. The molecule has 8 aromatic rings. The molecule has 10 rings (SSSR count). The summed E-state index contributed by atoms with van der Waals surface area (Å²) in [6.45, 7) is 11.3. The molecule has 2 aliphatic rings. The average Bonchev–Trinajstić information content (AvgIpc) is 3.99. The molecule has 0 nitrogen and oxygen atoms in total. The maximum atomic E-state index is 2.70. The van der Waals surface area contributed by atoms with E-state index in [1.165, 1.54) is 106 Å². The van der Waals surface area contributed by atoms with Gasteiger partial charge in [0, 0.05) is 0 Å². The van der Waals surface area contributed by atoms with Crippen molar-refractivity contribution in [3.63, 3.8) is 0 Å². The van der Waals surface area contributed by atoms with E-state index < -0.39 is 50.3 Å². The molecule has 0 amide bonds.